The van der Waals surface area contributed by atoms with Crippen LogP contribution in [0.1, 0.15) is 22.7 Å². The third kappa shape index (κ3) is 4.16. The van der Waals surface area contributed by atoms with Crippen LogP contribution >= 0.6 is 15.9 Å². The van der Waals surface area contributed by atoms with Crippen molar-refractivity contribution in [2.75, 3.05) is 13.6 Å². The SMILES string of the molecule is CN1/C(=C\N)CN(Cc2ccc(C(F)(F)F)cc2)C(=O)C1c1cccc(Br)c1. The maximum Gasteiger partial charge on any atom is 0.416 e. The second kappa shape index (κ2) is 7.87. The minimum atomic E-state index is -4.39. The second-order valence-corrected chi connectivity index (χ2v) is 7.53. The van der Waals surface area contributed by atoms with E-state index < -0.39 is 17.8 Å². The maximum atomic E-state index is 13.2. The first-order chi connectivity index (χ1) is 13.2. The number of carbonyl (C=O) groups is 1. The van der Waals surface area contributed by atoms with Gasteiger partial charge >= 0.3 is 6.18 Å². The summed E-state index contributed by atoms with van der Waals surface area (Å²) in [5, 5.41) is 0. The molecule has 148 valence electrons. The van der Waals surface area contributed by atoms with Crippen molar-refractivity contribution in [2.45, 2.75) is 18.8 Å². The predicted molar refractivity (Wildman–Crippen MR) is 104 cm³/mol. The van der Waals surface area contributed by atoms with E-state index in [1.165, 1.54) is 18.3 Å². The van der Waals surface area contributed by atoms with E-state index in [4.69, 9.17) is 5.73 Å². The van der Waals surface area contributed by atoms with Gasteiger partial charge in [-0.25, -0.2) is 0 Å². The van der Waals surface area contributed by atoms with Gasteiger partial charge in [0, 0.05) is 30.0 Å². The molecule has 4 nitrogen and oxygen atoms in total. The van der Waals surface area contributed by atoms with Gasteiger partial charge in [-0.15, -0.1) is 0 Å². The van der Waals surface area contributed by atoms with E-state index in [1.54, 1.807) is 11.9 Å². The molecule has 2 aromatic carbocycles. The third-order valence-electron chi connectivity index (χ3n) is 4.75. The number of halogens is 4. The Bertz CT molecular complexity index is 896. The monoisotopic (exact) mass is 453 g/mol. The van der Waals surface area contributed by atoms with E-state index in [-0.39, 0.29) is 19.0 Å². The first kappa shape index (κ1) is 20.3. The van der Waals surface area contributed by atoms with Crippen molar-refractivity contribution < 1.29 is 18.0 Å². The summed E-state index contributed by atoms with van der Waals surface area (Å²) in [7, 11) is 1.80. The van der Waals surface area contributed by atoms with Gasteiger partial charge in [0.1, 0.15) is 6.04 Å². The zero-order chi connectivity index (χ0) is 20.5. The molecule has 2 N–H and O–H groups in total. The number of nitrogens with two attached hydrogens (primary N) is 1. The van der Waals surface area contributed by atoms with Crippen LogP contribution in [-0.2, 0) is 17.5 Å². The Morgan fingerprint density at radius 1 is 1.21 bits per heavy atom. The fourth-order valence-electron chi connectivity index (χ4n) is 3.26. The average molecular weight is 454 g/mol. The first-order valence-corrected chi connectivity index (χ1v) is 9.34. The Balaban J connectivity index is 1.88. The summed E-state index contributed by atoms with van der Waals surface area (Å²) in [6.45, 7) is 0.490. The van der Waals surface area contributed by atoms with Crippen molar-refractivity contribution in [1.29, 1.82) is 0 Å². The molecule has 3 rings (SSSR count). The van der Waals surface area contributed by atoms with Crippen LogP contribution in [0.3, 0.4) is 0 Å². The van der Waals surface area contributed by atoms with Gasteiger partial charge < -0.3 is 15.5 Å². The molecule has 0 aliphatic carbocycles. The second-order valence-electron chi connectivity index (χ2n) is 6.62. The van der Waals surface area contributed by atoms with Gasteiger partial charge in [-0.3, -0.25) is 4.79 Å². The number of piperazine rings is 1. The van der Waals surface area contributed by atoms with Crippen molar-refractivity contribution in [3.05, 3.63) is 81.6 Å². The first-order valence-electron chi connectivity index (χ1n) is 8.54. The molecule has 1 aliphatic heterocycles. The quantitative estimate of drug-likeness (QED) is 0.754. The van der Waals surface area contributed by atoms with E-state index in [1.807, 2.05) is 29.2 Å². The van der Waals surface area contributed by atoms with Crippen LogP contribution in [0.25, 0.3) is 0 Å². The Hall–Kier alpha value is -2.48. The summed E-state index contributed by atoms with van der Waals surface area (Å²) in [6, 6.07) is 11.7. The lowest BCUT2D eigenvalue weighted by Gasteiger charge is -2.41. The molecule has 0 saturated carbocycles. The Labute approximate surface area is 169 Å². The van der Waals surface area contributed by atoms with Gasteiger partial charge in [0.15, 0.2) is 0 Å². The normalized spacial score (nSPS) is 19.4. The number of alkyl halides is 3. The summed E-state index contributed by atoms with van der Waals surface area (Å²) in [5.41, 5.74) is 7.23. The third-order valence-corrected chi connectivity index (χ3v) is 5.24. The number of hydrogen-bond acceptors (Lipinski definition) is 3. The van der Waals surface area contributed by atoms with Crippen LogP contribution in [0.5, 0.6) is 0 Å². The molecule has 1 unspecified atom stereocenters. The molecule has 0 radical (unpaired) electrons. The highest BCUT2D eigenvalue weighted by Crippen LogP contribution is 2.33. The molecule has 1 aliphatic rings. The molecule has 8 heteroatoms. The number of hydrogen-bond donors (Lipinski definition) is 1. The number of benzene rings is 2. The van der Waals surface area contributed by atoms with E-state index >= 15 is 0 Å². The largest absolute Gasteiger partial charge is 0.416 e. The van der Waals surface area contributed by atoms with Gasteiger partial charge in [-0.2, -0.15) is 13.2 Å². The molecule has 0 spiro atoms. The predicted octanol–water partition coefficient (Wildman–Crippen LogP) is 4.28. The molecular weight excluding hydrogens is 435 g/mol. The summed E-state index contributed by atoms with van der Waals surface area (Å²) < 4.78 is 39.1. The van der Waals surface area contributed by atoms with Crippen LogP contribution in [0.15, 0.2) is 64.9 Å². The van der Waals surface area contributed by atoms with Gasteiger partial charge in [-0.1, -0.05) is 40.2 Å². The number of amides is 1. The van der Waals surface area contributed by atoms with E-state index in [2.05, 4.69) is 15.9 Å². The molecular formula is C20H19BrF3N3O. The van der Waals surface area contributed by atoms with Crippen LogP contribution in [0.2, 0.25) is 0 Å². The highest BCUT2D eigenvalue weighted by atomic mass is 79.9. The van der Waals surface area contributed by atoms with Crippen molar-refractivity contribution in [1.82, 2.24) is 9.80 Å². The van der Waals surface area contributed by atoms with Crippen molar-refractivity contribution in [2.24, 2.45) is 5.73 Å². The number of nitrogens with zero attached hydrogens (tertiary/aromatic N) is 2. The van der Waals surface area contributed by atoms with Gasteiger partial charge in [0.25, 0.3) is 5.91 Å². The molecule has 28 heavy (non-hydrogen) atoms. The smallest absolute Gasteiger partial charge is 0.403 e. The molecule has 1 heterocycles. The molecule has 0 aromatic heterocycles. The standard InChI is InChI=1S/C20H19BrF3N3O/c1-26-17(10-25)12-27(11-13-5-7-15(8-6-13)20(22,23)24)19(28)18(26)14-3-2-4-16(21)9-14/h2-10,18H,11-12,25H2,1H3/b17-10-. The summed E-state index contributed by atoms with van der Waals surface area (Å²) >= 11 is 3.42. The summed E-state index contributed by atoms with van der Waals surface area (Å²) in [5.74, 6) is -0.133. The zero-order valence-corrected chi connectivity index (χ0v) is 16.7. The lowest BCUT2D eigenvalue weighted by Crippen LogP contribution is -2.49. The van der Waals surface area contributed by atoms with Crippen molar-refractivity contribution in [3.8, 4) is 0 Å². The van der Waals surface area contributed by atoms with E-state index in [0.717, 1.165) is 27.9 Å². The Morgan fingerprint density at radius 2 is 1.89 bits per heavy atom. The minimum absolute atomic E-state index is 0.133. The zero-order valence-electron chi connectivity index (χ0n) is 15.1. The van der Waals surface area contributed by atoms with Crippen LogP contribution in [0.4, 0.5) is 13.2 Å². The number of carbonyl (C=O) groups excluding carboxylic acids is 1. The fraction of sp³-hybridized carbons (Fsp3) is 0.250. The molecule has 0 bridgehead atoms. The van der Waals surface area contributed by atoms with Gasteiger partial charge in [0.05, 0.1) is 12.1 Å². The van der Waals surface area contributed by atoms with Crippen molar-refractivity contribution in [3.63, 3.8) is 0 Å². The van der Waals surface area contributed by atoms with Crippen molar-refractivity contribution >= 4 is 21.8 Å². The number of likely N-dealkylation sites (N-methyl/N-ethyl adjacent to an activating group) is 1. The lowest BCUT2D eigenvalue weighted by molar-refractivity contribution is -0.140. The fourth-order valence-corrected chi connectivity index (χ4v) is 3.67. The number of rotatable bonds is 3. The minimum Gasteiger partial charge on any atom is -0.403 e. The molecule has 2 aromatic rings. The summed E-state index contributed by atoms with van der Waals surface area (Å²) in [4.78, 5) is 16.6. The van der Waals surface area contributed by atoms with Crippen LogP contribution < -0.4 is 5.73 Å². The van der Waals surface area contributed by atoms with Gasteiger partial charge in [-0.05, 0) is 35.4 Å². The Morgan fingerprint density at radius 3 is 2.46 bits per heavy atom. The lowest BCUT2D eigenvalue weighted by atomic mass is 10.00. The van der Waals surface area contributed by atoms with E-state index in [0.29, 0.717) is 5.56 Å². The van der Waals surface area contributed by atoms with Crippen LogP contribution in [0, 0.1) is 0 Å². The summed E-state index contributed by atoms with van der Waals surface area (Å²) in [6.07, 6.45) is -2.93. The average Bonchev–Trinajstić information content (AvgIpc) is 2.64. The Kier molecular flexibility index (Phi) is 5.69. The maximum absolute atomic E-state index is 13.2. The van der Waals surface area contributed by atoms with E-state index in [9.17, 15) is 18.0 Å². The highest BCUT2D eigenvalue weighted by molar-refractivity contribution is 9.10. The molecule has 1 atom stereocenters. The molecule has 1 fully saturated rings. The molecule has 1 amide bonds. The van der Waals surface area contributed by atoms with Crippen LogP contribution in [-0.4, -0.2) is 29.3 Å². The topological polar surface area (TPSA) is 49.6 Å². The van der Waals surface area contributed by atoms with Gasteiger partial charge in [0.2, 0.25) is 0 Å². The molecule has 1 saturated heterocycles. The highest BCUT2D eigenvalue weighted by Gasteiger charge is 2.36.